The van der Waals surface area contributed by atoms with E-state index in [2.05, 4.69) is 6.58 Å². The molecule has 2 nitrogen and oxygen atoms in total. The lowest BCUT2D eigenvalue weighted by Crippen LogP contribution is -1.92. The molecule has 0 fully saturated rings. The van der Waals surface area contributed by atoms with E-state index in [1.165, 1.54) is 6.92 Å². The highest BCUT2D eigenvalue weighted by atomic mass is 16.5. The average molecular weight is 164 g/mol. The zero-order chi connectivity index (χ0) is 9.14. The summed E-state index contributed by atoms with van der Waals surface area (Å²) in [5.41, 5.74) is 0.705. The summed E-state index contributed by atoms with van der Waals surface area (Å²) in [5.74, 6) is 1.53. The van der Waals surface area contributed by atoms with Crippen LogP contribution in [0.2, 0.25) is 0 Å². The first-order valence-corrected chi connectivity index (χ1v) is 3.84. The Kier molecular flexibility index (Phi) is 2.48. The summed E-state index contributed by atoms with van der Waals surface area (Å²) in [5, 5.41) is 0. The number of hydrogen-bond donors (Lipinski definition) is 0. The summed E-state index contributed by atoms with van der Waals surface area (Å²) in [6.45, 7) is 6.98. The van der Waals surface area contributed by atoms with Crippen LogP contribution < -0.4 is 0 Å². The van der Waals surface area contributed by atoms with Crippen LogP contribution >= 0.6 is 0 Å². The van der Waals surface area contributed by atoms with Gasteiger partial charge in [0, 0.05) is 6.42 Å². The Morgan fingerprint density at radius 2 is 2.33 bits per heavy atom. The van der Waals surface area contributed by atoms with Gasteiger partial charge < -0.3 is 4.74 Å². The van der Waals surface area contributed by atoms with Gasteiger partial charge in [0.25, 0.3) is 0 Å². The predicted molar refractivity (Wildman–Crippen MR) is 47.4 cm³/mol. The Morgan fingerprint density at radius 1 is 1.67 bits per heavy atom. The molecule has 12 heavy (non-hydrogen) atoms. The molecule has 0 unspecified atom stereocenters. The molecule has 0 atom stereocenters. The zero-order valence-corrected chi connectivity index (χ0v) is 7.39. The normalized spacial score (nSPS) is 17.3. The van der Waals surface area contributed by atoms with E-state index < -0.39 is 0 Å². The van der Waals surface area contributed by atoms with Crippen LogP contribution in [0.4, 0.5) is 0 Å². The van der Waals surface area contributed by atoms with Crippen molar-refractivity contribution in [1.82, 2.24) is 0 Å². The topological polar surface area (TPSA) is 26.3 Å². The van der Waals surface area contributed by atoms with Gasteiger partial charge in [-0.3, -0.25) is 4.79 Å². The van der Waals surface area contributed by atoms with Crippen LogP contribution in [0.5, 0.6) is 0 Å². The SMILES string of the molecule is C=C1CC=C(/C=C(\C)C(C)=O)O1. The first kappa shape index (κ1) is 8.78. The van der Waals surface area contributed by atoms with Crippen LogP contribution in [-0.2, 0) is 9.53 Å². The molecule has 0 bridgehead atoms. The molecule has 1 heterocycles. The van der Waals surface area contributed by atoms with Gasteiger partial charge in [-0.2, -0.15) is 0 Å². The van der Waals surface area contributed by atoms with Crippen molar-refractivity contribution >= 4 is 5.78 Å². The van der Waals surface area contributed by atoms with E-state index in [1.54, 1.807) is 13.0 Å². The van der Waals surface area contributed by atoms with Crippen molar-refractivity contribution in [3.05, 3.63) is 35.8 Å². The van der Waals surface area contributed by atoms with Crippen LogP contribution in [0.25, 0.3) is 0 Å². The monoisotopic (exact) mass is 164 g/mol. The quantitative estimate of drug-likeness (QED) is 0.585. The van der Waals surface area contributed by atoms with Gasteiger partial charge in [-0.15, -0.1) is 0 Å². The first-order chi connectivity index (χ1) is 5.59. The van der Waals surface area contributed by atoms with E-state index in [0.717, 1.165) is 17.9 Å². The maximum atomic E-state index is 10.8. The molecule has 0 N–H and O–H groups in total. The van der Waals surface area contributed by atoms with Gasteiger partial charge >= 0.3 is 0 Å². The van der Waals surface area contributed by atoms with Crippen LogP contribution in [0.15, 0.2) is 35.8 Å². The van der Waals surface area contributed by atoms with E-state index in [9.17, 15) is 4.79 Å². The van der Waals surface area contributed by atoms with Crippen molar-refractivity contribution in [2.75, 3.05) is 0 Å². The average Bonchev–Trinajstić information content (AvgIpc) is 2.35. The summed E-state index contributed by atoms with van der Waals surface area (Å²) in [6.07, 6.45) is 4.40. The highest BCUT2D eigenvalue weighted by Crippen LogP contribution is 2.20. The minimum atomic E-state index is 0.0667. The van der Waals surface area contributed by atoms with E-state index in [0.29, 0.717) is 5.57 Å². The number of hydrogen-bond acceptors (Lipinski definition) is 2. The minimum absolute atomic E-state index is 0.0667. The van der Waals surface area contributed by atoms with Gasteiger partial charge in [-0.25, -0.2) is 0 Å². The molecular weight excluding hydrogens is 152 g/mol. The molecular formula is C10H12O2. The third kappa shape index (κ3) is 2.09. The van der Waals surface area contributed by atoms with Crippen LogP contribution in [0.1, 0.15) is 20.3 Å². The Balaban J connectivity index is 2.68. The number of rotatable bonds is 2. The molecule has 64 valence electrons. The van der Waals surface area contributed by atoms with Crippen molar-refractivity contribution < 1.29 is 9.53 Å². The molecule has 1 aliphatic rings. The molecule has 0 aromatic rings. The standard InChI is InChI=1S/C10H12O2/c1-7(9(3)11)6-10-5-4-8(2)12-10/h5-6H,2,4H2,1,3H3/b7-6+. The van der Waals surface area contributed by atoms with Crippen molar-refractivity contribution in [3.8, 4) is 0 Å². The molecule has 0 aliphatic carbocycles. The summed E-state index contributed by atoms with van der Waals surface area (Å²) in [6, 6.07) is 0. The van der Waals surface area contributed by atoms with Crippen molar-refractivity contribution in [1.29, 1.82) is 0 Å². The second kappa shape index (κ2) is 3.39. The lowest BCUT2D eigenvalue weighted by molar-refractivity contribution is -0.113. The van der Waals surface area contributed by atoms with Crippen molar-refractivity contribution in [2.45, 2.75) is 20.3 Å². The Morgan fingerprint density at radius 3 is 2.75 bits per heavy atom. The van der Waals surface area contributed by atoms with Crippen LogP contribution in [-0.4, -0.2) is 5.78 Å². The van der Waals surface area contributed by atoms with Gasteiger partial charge in [0.15, 0.2) is 5.78 Å². The van der Waals surface area contributed by atoms with Gasteiger partial charge in [0.05, 0.1) is 0 Å². The van der Waals surface area contributed by atoms with E-state index in [-0.39, 0.29) is 5.78 Å². The van der Waals surface area contributed by atoms with Gasteiger partial charge in [0.1, 0.15) is 11.5 Å². The number of allylic oxidation sites excluding steroid dienone is 3. The number of ether oxygens (including phenoxy) is 1. The molecule has 1 aliphatic heterocycles. The highest BCUT2D eigenvalue weighted by molar-refractivity contribution is 5.93. The smallest absolute Gasteiger partial charge is 0.155 e. The van der Waals surface area contributed by atoms with E-state index >= 15 is 0 Å². The molecule has 0 radical (unpaired) electrons. The van der Waals surface area contributed by atoms with E-state index in [1.807, 2.05) is 6.08 Å². The van der Waals surface area contributed by atoms with E-state index in [4.69, 9.17) is 4.74 Å². The van der Waals surface area contributed by atoms with Crippen molar-refractivity contribution in [2.24, 2.45) is 0 Å². The fraction of sp³-hybridized carbons (Fsp3) is 0.300. The second-order valence-corrected chi connectivity index (χ2v) is 2.83. The fourth-order valence-corrected chi connectivity index (χ4v) is 0.868. The lowest BCUT2D eigenvalue weighted by Gasteiger charge is -1.99. The van der Waals surface area contributed by atoms with Gasteiger partial charge in [0.2, 0.25) is 0 Å². The third-order valence-electron chi connectivity index (χ3n) is 1.71. The van der Waals surface area contributed by atoms with Gasteiger partial charge in [-0.05, 0) is 31.6 Å². The maximum Gasteiger partial charge on any atom is 0.155 e. The van der Waals surface area contributed by atoms with Crippen molar-refractivity contribution in [3.63, 3.8) is 0 Å². The second-order valence-electron chi connectivity index (χ2n) is 2.83. The first-order valence-electron chi connectivity index (χ1n) is 3.84. The number of ketones is 1. The largest absolute Gasteiger partial charge is 0.462 e. The number of carbonyl (C=O) groups excluding carboxylic acids is 1. The zero-order valence-electron chi connectivity index (χ0n) is 7.39. The summed E-state index contributed by atoms with van der Waals surface area (Å²) in [4.78, 5) is 10.8. The Hall–Kier alpha value is -1.31. The van der Waals surface area contributed by atoms with Crippen LogP contribution in [0.3, 0.4) is 0 Å². The predicted octanol–water partition coefficient (Wildman–Crippen LogP) is 2.34. The van der Waals surface area contributed by atoms with Crippen LogP contribution in [0, 0.1) is 0 Å². The summed E-state index contributed by atoms with van der Waals surface area (Å²) >= 11 is 0. The molecule has 0 saturated heterocycles. The summed E-state index contributed by atoms with van der Waals surface area (Å²) < 4.78 is 5.22. The Bertz CT molecular complexity index is 282. The van der Waals surface area contributed by atoms with Gasteiger partial charge in [-0.1, -0.05) is 6.58 Å². The number of Topliss-reactive ketones (excluding diaryl/α,β-unsaturated/α-hetero) is 1. The molecule has 0 aromatic carbocycles. The fourth-order valence-electron chi connectivity index (χ4n) is 0.868. The third-order valence-corrected chi connectivity index (χ3v) is 1.71. The molecule has 0 saturated carbocycles. The minimum Gasteiger partial charge on any atom is -0.462 e. The molecule has 0 amide bonds. The molecule has 2 heteroatoms. The summed E-state index contributed by atoms with van der Waals surface area (Å²) in [7, 11) is 0. The Labute approximate surface area is 72.2 Å². The highest BCUT2D eigenvalue weighted by Gasteiger charge is 2.07. The number of carbonyl (C=O) groups is 1. The lowest BCUT2D eigenvalue weighted by atomic mass is 10.2. The molecule has 0 spiro atoms. The molecule has 0 aromatic heterocycles. The maximum absolute atomic E-state index is 10.8. The molecule has 1 rings (SSSR count).